The molecule has 30 heavy (non-hydrogen) atoms. The summed E-state index contributed by atoms with van der Waals surface area (Å²) < 4.78 is 12.9. The lowest BCUT2D eigenvalue weighted by atomic mass is 10.2. The van der Waals surface area contributed by atoms with E-state index in [4.69, 9.17) is 0 Å². The molecule has 1 aromatic heterocycles. The Morgan fingerprint density at radius 2 is 1.87 bits per heavy atom. The van der Waals surface area contributed by atoms with Crippen LogP contribution in [0.1, 0.15) is 23.9 Å². The molecule has 0 saturated heterocycles. The molecule has 1 atom stereocenters. The van der Waals surface area contributed by atoms with E-state index in [0.717, 1.165) is 22.9 Å². The van der Waals surface area contributed by atoms with Crippen molar-refractivity contribution in [1.29, 1.82) is 0 Å². The Morgan fingerprint density at radius 1 is 1.13 bits per heavy atom. The van der Waals surface area contributed by atoms with Crippen LogP contribution in [0.5, 0.6) is 0 Å². The monoisotopic (exact) mass is 425 g/mol. The number of urea groups is 1. The van der Waals surface area contributed by atoms with Crippen LogP contribution in [0.25, 0.3) is 12.2 Å². The largest absolute Gasteiger partial charge is 0.334 e. The molecule has 9 heteroatoms. The number of amides is 3. The van der Waals surface area contributed by atoms with Gasteiger partial charge in [0.25, 0.3) is 0 Å². The molecule has 3 amide bonds. The van der Waals surface area contributed by atoms with Crippen molar-refractivity contribution in [3.63, 3.8) is 0 Å². The Bertz CT molecular complexity index is 1020. The second kappa shape index (κ2) is 10.4. The molecule has 0 fully saturated rings. The van der Waals surface area contributed by atoms with Crippen LogP contribution in [0, 0.1) is 5.82 Å². The summed E-state index contributed by atoms with van der Waals surface area (Å²) in [6.45, 7) is 1.99. The van der Waals surface area contributed by atoms with Gasteiger partial charge in [-0.15, -0.1) is 5.10 Å². The average Bonchev–Trinajstić information content (AvgIpc) is 3.20. The van der Waals surface area contributed by atoms with Gasteiger partial charge in [-0.1, -0.05) is 60.3 Å². The van der Waals surface area contributed by atoms with Gasteiger partial charge in [0.1, 0.15) is 11.6 Å². The maximum Gasteiger partial charge on any atom is 0.321 e. The van der Waals surface area contributed by atoms with Gasteiger partial charge in [-0.25, -0.2) is 14.2 Å². The van der Waals surface area contributed by atoms with Crippen molar-refractivity contribution >= 4 is 35.9 Å². The Morgan fingerprint density at radius 3 is 2.60 bits per heavy atom. The highest BCUT2D eigenvalue weighted by molar-refractivity contribution is 8.00. The number of hydrogen-bond donors (Lipinski definition) is 3. The first-order chi connectivity index (χ1) is 14.5. The van der Waals surface area contributed by atoms with Crippen LogP contribution in [0.3, 0.4) is 0 Å². The van der Waals surface area contributed by atoms with E-state index in [2.05, 4.69) is 25.8 Å². The molecule has 0 radical (unpaired) electrons. The zero-order valence-corrected chi connectivity index (χ0v) is 16.9. The Labute approximate surface area is 177 Å². The van der Waals surface area contributed by atoms with Crippen molar-refractivity contribution in [3.05, 3.63) is 77.4 Å². The molecule has 0 aliphatic rings. The van der Waals surface area contributed by atoms with Crippen LogP contribution < -0.4 is 10.6 Å². The first-order valence-electron chi connectivity index (χ1n) is 9.15. The lowest BCUT2D eigenvalue weighted by Gasteiger charge is -2.10. The number of carbonyl (C=O) groups excluding carboxylic acids is 2. The minimum atomic E-state index is -0.572. The predicted octanol–water partition coefficient (Wildman–Crippen LogP) is 3.62. The second-order valence-electron chi connectivity index (χ2n) is 6.31. The minimum absolute atomic E-state index is 0.300. The standard InChI is InChI=1S/C21H20FN5O2S/c1-14(19(28)25-20(29)23-13-16-5-3-2-4-6-16)30-21-24-18(26-27-21)12-9-15-7-10-17(22)11-8-15/h2-12,14H,13H2,1H3,(H,24,26,27)(H2,23,25,28,29)/b12-9+. The number of H-pyrrole nitrogens is 1. The molecule has 3 N–H and O–H groups in total. The number of halogens is 1. The number of nitrogens with one attached hydrogen (secondary N) is 3. The molecule has 0 spiro atoms. The summed E-state index contributed by atoms with van der Waals surface area (Å²) in [6, 6.07) is 14.9. The SMILES string of the molecule is CC(Sc1n[nH]c(/C=C/c2ccc(F)cc2)n1)C(=O)NC(=O)NCc1ccccc1. The van der Waals surface area contributed by atoms with E-state index in [1.807, 2.05) is 30.3 Å². The van der Waals surface area contributed by atoms with Crippen LogP contribution in [0.2, 0.25) is 0 Å². The van der Waals surface area contributed by atoms with Gasteiger partial charge in [-0.05, 0) is 36.3 Å². The van der Waals surface area contributed by atoms with Crippen LogP contribution in [-0.2, 0) is 11.3 Å². The summed E-state index contributed by atoms with van der Waals surface area (Å²) in [5, 5.41) is 11.6. The van der Waals surface area contributed by atoms with E-state index in [9.17, 15) is 14.0 Å². The molecule has 0 aliphatic carbocycles. The van der Waals surface area contributed by atoms with Crippen molar-refractivity contribution in [2.24, 2.45) is 0 Å². The number of nitrogens with zero attached hydrogens (tertiary/aromatic N) is 2. The maximum absolute atomic E-state index is 12.9. The number of thioether (sulfide) groups is 1. The third-order valence-corrected chi connectivity index (χ3v) is 4.93. The number of imide groups is 1. The Balaban J connectivity index is 1.46. The van der Waals surface area contributed by atoms with Crippen molar-refractivity contribution in [2.75, 3.05) is 0 Å². The quantitative estimate of drug-likeness (QED) is 0.502. The van der Waals surface area contributed by atoms with Crippen molar-refractivity contribution in [1.82, 2.24) is 25.8 Å². The lowest BCUT2D eigenvalue weighted by Crippen LogP contribution is -2.42. The maximum atomic E-state index is 12.9. The van der Waals surface area contributed by atoms with E-state index < -0.39 is 17.2 Å². The number of aromatic amines is 1. The van der Waals surface area contributed by atoms with Gasteiger partial charge in [0.15, 0.2) is 0 Å². The molecule has 0 aliphatic heterocycles. The first kappa shape index (κ1) is 21.3. The highest BCUT2D eigenvalue weighted by Crippen LogP contribution is 2.19. The summed E-state index contributed by atoms with van der Waals surface area (Å²) in [5.41, 5.74) is 1.75. The normalized spacial score (nSPS) is 11.9. The number of rotatable bonds is 7. The van der Waals surface area contributed by atoms with Gasteiger partial charge < -0.3 is 5.32 Å². The first-order valence-corrected chi connectivity index (χ1v) is 10.0. The number of carbonyl (C=O) groups is 2. The minimum Gasteiger partial charge on any atom is -0.334 e. The van der Waals surface area contributed by atoms with Gasteiger partial charge in [0.2, 0.25) is 11.1 Å². The predicted molar refractivity (Wildman–Crippen MR) is 114 cm³/mol. The van der Waals surface area contributed by atoms with Gasteiger partial charge in [-0.3, -0.25) is 15.2 Å². The van der Waals surface area contributed by atoms with Crippen LogP contribution in [0.15, 0.2) is 59.8 Å². The molecule has 7 nitrogen and oxygen atoms in total. The van der Waals surface area contributed by atoms with E-state index in [0.29, 0.717) is 17.5 Å². The molecule has 2 aromatic carbocycles. The van der Waals surface area contributed by atoms with Crippen molar-refractivity contribution in [3.8, 4) is 0 Å². The number of hydrogen-bond acceptors (Lipinski definition) is 5. The molecule has 3 aromatic rings. The molecule has 0 bridgehead atoms. The average molecular weight is 425 g/mol. The molecule has 3 rings (SSSR count). The Hall–Kier alpha value is -3.46. The summed E-state index contributed by atoms with van der Waals surface area (Å²) in [6.07, 6.45) is 3.47. The fraction of sp³-hybridized carbons (Fsp3) is 0.143. The van der Waals surface area contributed by atoms with E-state index >= 15 is 0 Å². The van der Waals surface area contributed by atoms with E-state index in [1.54, 1.807) is 31.2 Å². The highest BCUT2D eigenvalue weighted by atomic mass is 32.2. The molecule has 1 heterocycles. The molecule has 1 unspecified atom stereocenters. The highest BCUT2D eigenvalue weighted by Gasteiger charge is 2.19. The van der Waals surface area contributed by atoms with Crippen molar-refractivity contribution < 1.29 is 14.0 Å². The topological polar surface area (TPSA) is 99.8 Å². The van der Waals surface area contributed by atoms with E-state index in [-0.39, 0.29) is 5.82 Å². The summed E-state index contributed by atoms with van der Waals surface area (Å²) in [7, 11) is 0. The lowest BCUT2D eigenvalue weighted by molar-refractivity contribution is -0.119. The van der Waals surface area contributed by atoms with Crippen molar-refractivity contribution in [2.45, 2.75) is 23.9 Å². The van der Waals surface area contributed by atoms with Crippen LogP contribution in [-0.4, -0.2) is 32.4 Å². The number of aromatic nitrogens is 3. The fourth-order valence-corrected chi connectivity index (χ4v) is 3.11. The van der Waals surface area contributed by atoms with Gasteiger partial charge in [0, 0.05) is 6.54 Å². The molecular formula is C21H20FN5O2S. The summed E-state index contributed by atoms with van der Waals surface area (Å²) in [4.78, 5) is 28.4. The summed E-state index contributed by atoms with van der Waals surface area (Å²) in [5.74, 6) is -0.250. The second-order valence-corrected chi connectivity index (χ2v) is 7.61. The fourth-order valence-electron chi connectivity index (χ4n) is 2.38. The zero-order valence-electron chi connectivity index (χ0n) is 16.1. The molecule has 0 saturated carbocycles. The third-order valence-electron chi connectivity index (χ3n) is 3.97. The third kappa shape index (κ3) is 6.56. The smallest absolute Gasteiger partial charge is 0.321 e. The molecular weight excluding hydrogens is 405 g/mol. The number of benzene rings is 2. The summed E-state index contributed by atoms with van der Waals surface area (Å²) >= 11 is 1.12. The molecule has 154 valence electrons. The van der Waals surface area contributed by atoms with Crippen LogP contribution >= 0.6 is 11.8 Å². The van der Waals surface area contributed by atoms with Gasteiger partial charge >= 0.3 is 6.03 Å². The van der Waals surface area contributed by atoms with Gasteiger partial charge in [0.05, 0.1) is 5.25 Å². The van der Waals surface area contributed by atoms with Gasteiger partial charge in [-0.2, -0.15) is 0 Å². The van der Waals surface area contributed by atoms with E-state index in [1.165, 1.54) is 12.1 Å². The Kier molecular flexibility index (Phi) is 7.34. The zero-order chi connectivity index (χ0) is 21.3. The van der Waals surface area contributed by atoms with Crippen LogP contribution in [0.4, 0.5) is 9.18 Å².